The summed E-state index contributed by atoms with van der Waals surface area (Å²) in [5.41, 5.74) is 7.53. The predicted octanol–water partition coefficient (Wildman–Crippen LogP) is 1.68. The minimum Gasteiger partial charge on any atom is -1.00 e. The maximum atomic E-state index is 6.25. The second-order valence-electron chi connectivity index (χ2n) is 7.02. The van der Waals surface area contributed by atoms with Gasteiger partial charge in [0.15, 0.2) is 5.52 Å². The Morgan fingerprint density at radius 2 is 1.59 bits per heavy atom. The van der Waals surface area contributed by atoms with Crippen molar-refractivity contribution in [1.82, 2.24) is 14.4 Å². The van der Waals surface area contributed by atoms with Crippen LogP contribution in [0.15, 0.2) is 83.5 Å². The summed E-state index contributed by atoms with van der Waals surface area (Å²) in [7, 11) is 0. The highest BCUT2D eigenvalue weighted by atomic mass is 35.5. The number of hydrogen-bond acceptors (Lipinski definition) is 3. The molecule has 7 rings (SSSR count). The highest BCUT2D eigenvalue weighted by Crippen LogP contribution is 2.29. The van der Waals surface area contributed by atoms with Crippen molar-refractivity contribution >= 4 is 55.3 Å². The van der Waals surface area contributed by atoms with Gasteiger partial charge in [-0.1, -0.05) is 24.3 Å². The average Bonchev–Trinajstić information content (AvgIpc) is 3.31. The van der Waals surface area contributed by atoms with E-state index in [0.29, 0.717) is 0 Å². The Labute approximate surface area is 170 Å². The smallest absolute Gasteiger partial charge is 0.340 e. The van der Waals surface area contributed by atoms with Crippen molar-refractivity contribution in [2.75, 3.05) is 0 Å². The second-order valence-corrected chi connectivity index (χ2v) is 7.02. The summed E-state index contributed by atoms with van der Waals surface area (Å²) in [4.78, 5) is 9.70. The van der Waals surface area contributed by atoms with Crippen LogP contribution in [0.1, 0.15) is 0 Å². The molecule has 0 radical (unpaired) electrons. The molecule has 0 N–H and O–H groups in total. The molecule has 0 fully saturated rings. The van der Waals surface area contributed by atoms with Gasteiger partial charge in [0.25, 0.3) is 0 Å². The molecule has 0 aliphatic heterocycles. The lowest BCUT2D eigenvalue weighted by Crippen LogP contribution is -3.00. The molecule has 5 heterocycles. The largest absolute Gasteiger partial charge is 1.00 e. The minimum absolute atomic E-state index is 0. The van der Waals surface area contributed by atoms with E-state index in [9.17, 15) is 0 Å². The first-order chi connectivity index (χ1) is 13.9. The fourth-order valence-electron chi connectivity index (χ4n) is 4.17. The van der Waals surface area contributed by atoms with Crippen molar-refractivity contribution in [3.8, 4) is 0 Å². The van der Waals surface area contributed by atoms with E-state index in [2.05, 4.69) is 27.0 Å². The molecule has 138 valence electrons. The van der Waals surface area contributed by atoms with E-state index >= 15 is 0 Å². The molecule has 0 bridgehead atoms. The fraction of sp³-hybridized carbons (Fsp3) is 0. The van der Waals surface area contributed by atoms with Gasteiger partial charge in [-0.25, -0.2) is 4.98 Å². The van der Waals surface area contributed by atoms with Crippen molar-refractivity contribution in [2.45, 2.75) is 0 Å². The summed E-state index contributed by atoms with van der Waals surface area (Å²) < 4.78 is 10.5. The highest BCUT2D eigenvalue weighted by molar-refractivity contribution is 6.03. The van der Waals surface area contributed by atoms with Gasteiger partial charge >= 0.3 is 5.65 Å². The van der Waals surface area contributed by atoms with E-state index in [1.807, 2.05) is 60.9 Å². The number of nitrogens with zero attached hydrogens (tertiary/aromatic N) is 4. The SMILES string of the molecule is [Cl-].c1ccc2c(c1)nc1c3cc4c(cc[n+]5c6ccccc6nc45)oc3ccn21. The van der Waals surface area contributed by atoms with Gasteiger partial charge in [-0.3, -0.25) is 4.40 Å². The number of rotatable bonds is 0. The van der Waals surface area contributed by atoms with Crippen LogP contribution in [0.3, 0.4) is 0 Å². The number of pyridine rings is 2. The molecule has 5 aromatic heterocycles. The van der Waals surface area contributed by atoms with E-state index in [4.69, 9.17) is 14.4 Å². The lowest BCUT2D eigenvalue weighted by atomic mass is 10.2. The monoisotopic (exact) mass is 396 g/mol. The van der Waals surface area contributed by atoms with Crippen LogP contribution >= 0.6 is 0 Å². The molecule has 0 amide bonds. The summed E-state index contributed by atoms with van der Waals surface area (Å²) in [6.07, 6.45) is 4.04. The zero-order valence-electron chi connectivity index (χ0n) is 15.1. The number of halogens is 1. The molecule has 0 unspecified atom stereocenters. The number of fused-ring (bicyclic) bond motifs is 10. The topological polar surface area (TPSA) is 47.4 Å². The van der Waals surface area contributed by atoms with Crippen LogP contribution in [-0.4, -0.2) is 14.4 Å². The zero-order chi connectivity index (χ0) is 18.2. The quantitative estimate of drug-likeness (QED) is 0.289. The van der Waals surface area contributed by atoms with Crippen LogP contribution in [0.4, 0.5) is 0 Å². The number of imidazole rings is 2. The molecule has 29 heavy (non-hydrogen) atoms. The van der Waals surface area contributed by atoms with E-state index in [0.717, 1.165) is 55.3 Å². The molecule has 0 aliphatic rings. The Hall–Kier alpha value is -3.70. The van der Waals surface area contributed by atoms with Crippen LogP contribution in [0.5, 0.6) is 0 Å². The second kappa shape index (κ2) is 5.65. The first kappa shape index (κ1) is 16.3. The Balaban J connectivity index is 0.00000165. The number of aromatic nitrogens is 4. The third-order valence-corrected chi connectivity index (χ3v) is 5.46. The maximum Gasteiger partial charge on any atom is 0.340 e. The molecular formula is C23H13ClN4O. The van der Waals surface area contributed by atoms with Gasteiger partial charge in [-0.15, -0.1) is 0 Å². The maximum absolute atomic E-state index is 6.25. The molecule has 0 aliphatic carbocycles. The van der Waals surface area contributed by atoms with Gasteiger partial charge in [-0.2, -0.15) is 4.40 Å². The molecule has 7 aromatic rings. The molecule has 6 heteroatoms. The summed E-state index contributed by atoms with van der Waals surface area (Å²) >= 11 is 0. The van der Waals surface area contributed by atoms with E-state index < -0.39 is 0 Å². The van der Waals surface area contributed by atoms with Gasteiger partial charge < -0.3 is 16.8 Å². The van der Waals surface area contributed by atoms with Gasteiger partial charge in [0, 0.05) is 12.3 Å². The Kier molecular flexibility index (Phi) is 3.17. The van der Waals surface area contributed by atoms with Gasteiger partial charge in [0.2, 0.25) is 5.52 Å². The minimum atomic E-state index is 0. The summed E-state index contributed by atoms with van der Waals surface area (Å²) in [6, 6.07) is 22.5. The van der Waals surface area contributed by atoms with Crippen molar-refractivity contribution in [1.29, 1.82) is 0 Å². The molecule has 2 aromatic carbocycles. The summed E-state index contributed by atoms with van der Waals surface area (Å²) in [6.45, 7) is 0. The van der Waals surface area contributed by atoms with Gasteiger partial charge in [0.05, 0.1) is 16.4 Å². The van der Waals surface area contributed by atoms with E-state index in [-0.39, 0.29) is 12.4 Å². The van der Waals surface area contributed by atoms with Crippen molar-refractivity contribution < 1.29 is 21.2 Å². The van der Waals surface area contributed by atoms with Crippen LogP contribution in [0, 0.1) is 0 Å². The van der Waals surface area contributed by atoms with Crippen molar-refractivity contribution in [2.24, 2.45) is 0 Å². The molecule has 5 nitrogen and oxygen atoms in total. The fourth-order valence-corrected chi connectivity index (χ4v) is 4.17. The molecule has 0 saturated heterocycles. The van der Waals surface area contributed by atoms with Crippen LogP contribution in [0.25, 0.3) is 55.3 Å². The third kappa shape index (κ3) is 2.08. The van der Waals surface area contributed by atoms with Gasteiger partial charge in [-0.05, 0) is 41.4 Å². The normalized spacial score (nSPS) is 11.9. The van der Waals surface area contributed by atoms with E-state index in [1.165, 1.54) is 0 Å². The lowest BCUT2D eigenvalue weighted by Gasteiger charge is -2.03. The molecule has 0 spiro atoms. The first-order valence-electron chi connectivity index (χ1n) is 9.19. The van der Waals surface area contributed by atoms with Crippen molar-refractivity contribution in [3.63, 3.8) is 0 Å². The van der Waals surface area contributed by atoms with E-state index in [1.54, 1.807) is 0 Å². The average molecular weight is 397 g/mol. The Morgan fingerprint density at radius 3 is 2.52 bits per heavy atom. The number of benzene rings is 2. The predicted molar refractivity (Wildman–Crippen MR) is 108 cm³/mol. The highest BCUT2D eigenvalue weighted by Gasteiger charge is 2.20. The first-order valence-corrected chi connectivity index (χ1v) is 9.19. The zero-order valence-corrected chi connectivity index (χ0v) is 15.8. The van der Waals surface area contributed by atoms with Crippen LogP contribution in [-0.2, 0) is 0 Å². The molecule has 0 atom stereocenters. The third-order valence-electron chi connectivity index (χ3n) is 5.46. The number of hydrogen-bond donors (Lipinski definition) is 0. The summed E-state index contributed by atoms with van der Waals surface area (Å²) in [5.74, 6) is 0. The van der Waals surface area contributed by atoms with Crippen LogP contribution < -0.4 is 16.8 Å². The standard InChI is InChI=1S/C23H13N4O.ClH/c1-3-7-18-16(5-1)24-22-14-13-15-21(28-20(14)9-11-26(18)22)10-12-27-19-8-4-2-6-17(19)25-23(15)27;/h1-13H;1H/q+1;/p-1. The van der Waals surface area contributed by atoms with Crippen molar-refractivity contribution in [3.05, 3.63) is 79.1 Å². The summed E-state index contributed by atoms with van der Waals surface area (Å²) in [5, 5.41) is 1.96. The Morgan fingerprint density at radius 1 is 0.793 bits per heavy atom. The Bertz CT molecular complexity index is 1610. The van der Waals surface area contributed by atoms with Crippen LogP contribution in [0.2, 0.25) is 0 Å². The van der Waals surface area contributed by atoms with Gasteiger partial charge in [0.1, 0.15) is 28.4 Å². The molecule has 0 saturated carbocycles. The lowest BCUT2D eigenvalue weighted by molar-refractivity contribution is -0.479. The molecular weight excluding hydrogens is 384 g/mol. The number of para-hydroxylation sites is 4.